The lowest BCUT2D eigenvalue weighted by atomic mass is 9.95. The Morgan fingerprint density at radius 2 is 2.04 bits per heavy atom. The first kappa shape index (κ1) is 16.7. The van der Waals surface area contributed by atoms with Gasteiger partial charge in [0.25, 0.3) is 5.91 Å². The predicted octanol–water partition coefficient (Wildman–Crippen LogP) is 2.64. The van der Waals surface area contributed by atoms with E-state index >= 15 is 0 Å². The smallest absolute Gasteiger partial charge is 0.257 e. The number of β-amino-alcohol motifs (C(OH)–C–C–N with tert-alkyl or cyclic N) is 1. The molecule has 1 aliphatic heterocycles. The van der Waals surface area contributed by atoms with Crippen molar-refractivity contribution in [2.45, 2.75) is 40.2 Å². The summed E-state index contributed by atoms with van der Waals surface area (Å²) in [6.45, 7) is 9.12. The molecule has 1 N–H and O–H groups in total. The van der Waals surface area contributed by atoms with Crippen molar-refractivity contribution in [1.29, 1.82) is 0 Å². The van der Waals surface area contributed by atoms with Crippen LogP contribution in [-0.4, -0.2) is 44.9 Å². The van der Waals surface area contributed by atoms with Crippen LogP contribution in [0, 0.1) is 26.7 Å². The van der Waals surface area contributed by atoms with Gasteiger partial charge in [0.05, 0.1) is 29.2 Å². The lowest BCUT2D eigenvalue weighted by molar-refractivity contribution is 0.0248. The van der Waals surface area contributed by atoms with Crippen molar-refractivity contribution in [3.8, 4) is 5.69 Å². The second kappa shape index (κ2) is 6.40. The zero-order valence-corrected chi connectivity index (χ0v) is 14.8. The lowest BCUT2D eigenvalue weighted by Crippen LogP contribution is -2.45. The molecule has 5 heteroatoms. The molecular formula is C19H25N3O2. The van der Waals surface area contributed by atoms with Crippen molar-refractivity contribution in [2.75, 3.05) is 13.1 Å². The van der Waals surface area contributed by atoms with Crippen molar-refractivity contribution in [1.82, 2.24) is 14.7 Å². The topological polar surface area (TPSA) is 58.4 Å². The Bertz CT molecular complexity index is 766. The van der Waals surface area contributed by atoms with Gasteiger partial charge in [-0.3, -0.25) is 4.79 Å². The van der Waals surface area contributed by atoms with Gasteiger partial charge in [0.1, 0.15) is 0 Å². The Labute approximate surface area is 142 Å². The third-order valence-corrected chi connectivity index (χ3v) is 5.04. The average Bonchev–Trinajstić information content (AvgIpc) is 2.93. The molecule has 128 valence electrons. The molecule has 0 spiro atoms. The number of aliphatic hydroxyl groups is 1. The number of aryl methyl sites for hydroxylation is 2. The molecule has 2 atom stereocenters. The van der Waals surface area contributed by atoms with E-state index in [0.29, 0.717) is 18.7 Å². The van der Waals surface area contributed by atoms with Crippen molar-refractivity contribution in [3.63, 3.8) is 0 Å². The lowest BCUT2D eigenvalue weighted by Gasteiger charge is -2.34. The normalized spacial score (nSPS) is 21.1. The van der Waals surface area contributed by atoms with Gasteiger partial charge in [-0.1, -0.05) is 19.1 Å². The Hall–Kier alpha value is -2.14. The van der Waals surface area contributed by atoms with Crippen LogP contribution in [0.5, 0.6) is 0 Å². The predicted molar refractivity (Wildman–Crippen MR) is 93.5 cm³/mol. The van der Waals surface area contributed by atoms with E-state index in [9.17, 15) is 9.90 Å². The number of aliphatic hydroxyl groups excluding tert-OH is 1. The van der Waals surface area contributed by atoms with E-state index in [1.165, 1.54) is 0 Å². The van der Waals surface area contributed by atoms with Crippen molar-refractivity contribution in [2.24, 2.45) is 5.92 Å². The van der Waals surface area contributed by atoms with Gasteiger partial charge in [-0.2, -0.15) is 5.10 Å². The summed E-state index contributed by atoms with van der Waals surface area (Å²) in [6, 6.07) is 6.21. The van der Waals surface area contributed by atoms with Gasteiger partial charge >= 0.3 is 0 Å². The highest BCUT2D eigenvalue weighted by atomic mass is 16.3. The van der Waals surface area contributed by atoms with Crippen LogP contribution in [0.2, 0.25) is 0 Å². The van der Waals surface area contributed by atoms with Gasteiger partial charge in [-0.15, -0.1) is 0 Å². The number of hydrogen-bond donors (Lipinski definition) is 1. The summed E-state index contributed by atoms with van der Waals surface area (Å²) in [4.78, 5) is 14.6. The molecule has 0 aliphatic carbocycles. The van der Waals surface area contributed by atoms with Gasteiger partial charge in [-0.25, -0.2) is 4.68 Å². The van der Waals surface area contributed by atoms with Crippen LogP contribution in [0.3, 0.4) is 0 Å². The number of carbonyl (C=O) groups is 1. The molecule has 1 saturated heterocycles. The largest absolute Gasteiger partial charge is 0.391 e. The first-order valence-electron chi connectivity index (χ1n) is 8.48. The van der Waals surface area contributed by atoms with Crippen LogP contribution in [0.1, 0.15) is 40.5 Å². The molecule has 2 aromatic rings. The number of carbonyl (C=O) groups excluding carboxylic acids is 1. The highest BCUT2D eigenvalue weighted by Crippen LogP contribution is 2.23. The van der Waals surface area contributed by atoms with Gasteiger partial charge in [0.15, 0.2) is 0 Å². The number of likely N-dealkylation sites (tertiary alicyclic amines) is 1. The first-order valence-corrected chi connectivity index (χ1v) is 8.48. The molecule has 24 heavy (non-hydrogen) atoms. The number of aromatic nitrogens is 2. The third kappa shape index (κ3) is 2.96. The fraction of sp³-hybridized carbons (Fsp3) is 0.474. The van der Waals surface area contributed by atoms with E-state index in [4.69, 9.17) is 0 Å². The molecule has 1 aliphatic rings. The van der Waals surface area contributed by atoms with E-state index in [-0.39, 0.29) is 11.8 Å². The number of nitrogens with zero attached hydrogens (tertiary/aromatic N) is 3. The van der Waals surface area contributed by atoms with Crippen molar-refractivity contribution in [3.05, 3.63) is 46.8 Å². The molecule has 1 aromatic carbocycles. The fourth-order valence-corrected chi connectivity index (χ4v) is 3.21. The number of benzene rings is 1. The monoisotopic (exact) mass is 327 g/mol. The molecule has 1 aromatic heterocycles. The second-order valence-electron chi connectivity index (χ2n) is 6.93. The van der Waals surface area contributed by atoms with Crippen molar-refractivity contribution >= 4 is 5.91 Å². The van der Waals surface area contributed by atoms with Gasteiger partial charge in [0.2, 0.25) is 0 Å². The minimum absolute atomic E-state index is 0.0463. The summed E-state index contributed by atoms with van der Waals surface area (Å²) < 4.78 is 1.83. The zero-order valence-electron chi connectivity index (χ0n) is 14.8. The molecule has 2 unspecified atom stereocenters. The molecule has 3 rings (SSSR count). The summed E-state index contributed by atoms with van der Waals surface area (Å²) in [6.07, 6.45) is 2.03. The maximum atomic E-state index is 12.8. The molecule has 0 bridgehead atoms. The highest BCUT2D eigenvalue weighted by Gasteiger charge is 2.29. The zero-order chi connectivity index (χ0) is 17.4. The van der Waals surface area contributed by atoms with E-state index in [1.54, 1.807) is 11.1 Å². The van der Waals surface area contributed by atoms with Crippen molar-refractivity contribution < 1.29 is 9.90 Å². The standard InChI is InChI=1S/C19H25N3O2/c1-12-5-6-13(2)17(9-12)22-15(4)16(10-20-22)19(24)21-8-7-14(3)18(23)11-21/h5-6,9-10,14,18,23H,7-8,11H2,1-4H3. The molecule has 1 amide bonds. The minimum Gasteiger partial charge on any atom is -0.391 e. The molecule has 0 radical (unpaired) electrons. The van der Waals surface area contributed by atoms with Crippen LogP contribution in [0.4, 0.5) is 0 Å². The average molecular weight is 327 g/mol. The molecular weight excluding hydrogens is 302 g/mol. The highest BCUT2D eigenvalue weighted by molar-refractivity contribution is 5.95. The van der Waals surface area contributed by atoms with E-state index in [2.05, 4.69) is 23.3 Å². The number of piperidine rings is 1. The van der Waals surface area contributed by atoms with Crippen LogP contribution in [0.15, 0.2) is 24.4 Å². The van der Waals surface area contributed by atoms with Crippen LogP contribution in [0.25, 0.3) is 5.69 Å². The summed E-state index contributed by atoms with van der Waals surface area (Å²) in [5.74, 6) is 0.197. The molecule has 1 fully saturated rings. The van der Waals surface area contributed by atoms with E-state index < -0.39 is 6.10 Å². The summed E-state index contributed by atoms with van der Waals surface area (Å²) >= 11 is 0. The Morgan fingerprint density at radius 3 is 2.75 bits per heavy atom. The Kier molecular flexibility index (Phi) is 4.45. The number of hydrogen-bond acceptors (Lipinski definition) is 3. The van der Waals surface area contributed by atoms with Gasteiger partial charge in [0, 0.05) is 13.1 Å². The Morgan fingerprint density at radius 1 is 1.29 bits per heavy atom. The summed E-state index contributed by atoms with van der Waals surface area (Å²) in [5.41, 5.74) is 4.72. The maximum absolute atomic E-state index is 12.8. The molecule has 2 heterocycles. The van der Waals surface area contributed by atoms with E-state index in [0.717, 1.165) is 28.9 Å². The van der Waals surface area contributed by atoms with Crippen LogP contribution in [-0.2, 0) is 0 Å². The SMILES string of the molecule is Cc1ccc(C)c(-n2ncc(C(=O)N3CCC(C)C(O)C3)c2C)c1. The first-order chi connectivity index (χ1) is 11.4. The third-order valence-electron chi connectivity index (χ3n) is 5.04. The second-order valence-corrected chi connectivity index (χ2v) is 6.93. The summed E-state index contributed by atoms with van der Waals surface area (Å²) in [7, 11) is 0. The number of rotatable bonds is 2. The number of amides is 1. The van der Waals surface area contributed by atoms with Crippen LogP contribution >= 0.6 is 0 Å². The quantitative estimate of drug-likeness (QED) is 0.922. The fourth-order valence-electron chi connectivity index (χ4n) is 3.21. The summed E-state index contributed by atoms with van der Waals surface area (Å²) in [5, 5.41) is 14.5. The van der Waals surface area contributed by atoms with E-state index in [1.807, 2.05) is 32.4 Å². The van der Waals surface area contributed by atoms with Crippen LogP contribution < -0.4 is 0 Å². The maximum Gasteiger partial charge on any atom is 0.257 e. The molecule has 5 nitrogen and oxygen atoms in total. The Balaban J connectivity index is 1.90. The van der Waals surface area contributed by atoms with Gasteiger partial charge < -0.3 is 10.0 Å². The minimum atomic E-state index is -0.447. The molecule has 0 saturated carbocycles. The van der Waals surface area contributed by atoms with Gasteiger partial charge in [-0.05, 0) is 50.3 Å².